The Labute approximate surface area is 108 Å². The fourth-order valence-electron chi connectivity index (χ4n) is 1.67. The standard InChI is InChI=1S/C13H10N4O2/c18-10-4-2-6-15-12(10)13-16-11(17-19-13)7-9-3-1-5-14-8-9/h1-6,8,18H,7H2. The quantitative estimate of drug-likeness (QED) is 0.767. The van der Waals surface area contributed by atoms with Crippen LogP contribution in [-0.2, 0) is 6.42 Å². The highest BCUT2D eigenvalue weighted by Gasteiger charge is 2.13. The molecule has 0 aliphatic heterocycles. The zero-order chi connectivity index (χ0) is 13.1. The molecule has 0 aromatic carbocycles. The topological polar surface area (TPSA) is 84.9 Å². The minimum Gasteiger partial charge on any atom is -0.505 e. The predicted octanol–water partition coefficient (Wildman–Crippen LogP) is 1.82. The molecule has 0 aliphatic rings. The monoisotopic (exact) mass is 254 g/mol. The van der Waals surface area contributed by atoms with Crippen molar-refractivity contribution in [3.63, 3.8) is 0 Å². The molecule has 94 valence electrons. The van der Waals surface area contributed by atoms with Crippen LogP contribution in [0.3, 0.4) is 0 Å². The smallest absolute Gasteiger partial charge is 0.280 e. The molecule has 3 rings (SSSR count). The Morgan fingerprint density at radius 1 is 1.16 bits per heavy atom. The van der Waals surface area contributed by atoms with E-state index >= 15 is 0 Å². The highest BCUT2D eigenvalue weighted by Crippen LogP contribution is 2.24. The molecule has 0 amide bonds. The minimum atomic E-state index is 0.0130. The Morgan fingerprint density at radius 3 is 2.84 bits per heavy atom. The van der Waals surface area contributed by atoms with E-state index in [0.717, 1.165) is 5.56 Å². The van der Waals surface area contributed by atoms with Crippen molar-refractivity contribution < 1.29 is 9.63 Å². The van der Waals surface area contributed by atoms with E-state index in [-0.39, 0.29) is 17.3 Å². The van der Waals surface area contributed by atoms with Crippen LogP contribution in [0, 0.1) is 0 Å². The van der Waals surface area contributed by atoms with Crippen molar-refractivity contribution in [2.24, 2.45) is 0 Å². The second kappa shape index (κ2) is 4.85. The lowest BCUT2D eigenvalue weighted by molar-refractivity contribution is 0.416. The molecule has 0 bridgehead atoms. The summed E-state index contributed by atoms with van der Waals surface area (Å²) < 4.78 is 5.10. The molecule has 1 N–H and O–H groups in total. The molecule has 3 heterocycles. The van der Waals surface area contributed by atoms with Crippen LogP contribution in [0.15, 0.2) is 47.4 Å². The first-order chi connectivity index (χ1) is 9.33. The van der Waals surface area contributed by atoms with Crippen LogP contribution in [0.1, 0.15) is 11.4 Å². The van der Waals surface area contributed by atoms with E-state index in [1.807, 2.05) is 12.1 Å². The SMILES string of the molecule is Oc1cccnc1-c1nc(Cc2cccnc2)no1. The van der Waals surface area contributed by atoms with Gasteiger partial charge in [0.2, 0.25) is 0 Å². The summed E-state index contributed by atoms with van der Waals surface area (Å²) in [7, 11) is 0. The van der Waals surface area contributed by atoms with Crippen LogP contribution in [-0.4, -0.2) is 25.2 Å². The van der Waals surface area contributed by atoms with Gasteiger partial charge in [0.1, 0.15) is 5.75 Å². The Bertz CT molecular complexity index is 682. The highest BCUT2D eigenvalue weighted by atomic mass is 16.5. The molecule has 3 aromatic heterocycles. The van der Waals surface area contributed by atoms with Crippen molar-refractivity contribution >= 4 is 0 Å². The third kappa shape index (κ3) is 2.42. The van der Waals surface area contributed by atoms with Gasteiger partial charge in [-0.25, -0.2) is 4.98 Å². The van der Waals surface area contributed by atoms with Crippen molar-refractivity contribution in [3.8, 4) is 17.3 Å². The molecule has 0 fully saturated rings. The predicted molar refractivity (Wildman–Crippen MR) is 66.2 cm³/mol. The van der Waals surface area contributed by atoms with Gasteiger partial charge in [-0.3, -0.25) is 4.98 Å². The van der Waals surface area contributed by atoms with Crippen LogP contribution in [0.2, 0.25) is 0 Å². The summed E-state index contributed by atoms with van der Waals surface area (Å²) in [4.78, 5) is 12.2. The molecule has 3 aromatic rings. The lowest BCUT2D eigenvalue weighted by Gasteiger charge is -1.95. The lowest BCUT2D eigenvalue weighted by Crippen LogP contribution is -1.91. The summed E-state index contributed by atoms with van der Waals surface area (Å²) >= 11 is 0. The van der Waals surface area contributed by atoms with Gasteiger partial charge in [-0.15, -0.1) is 0 Å². The lowest BCUT2D eigenvalue weighted by atomic mass is 10.2. The van der Waals surface area contributed by atoms with Gasteiger partial charge in [0.25, 0.3) is 5.89 Å². The van der Waals surface area contributed by atoms with Gasteiger partial charge in [0, 0.05) is 25.0 Å². The molecule has 0 aliphatic carbocycles. The largest absolute Gasteiger partial charge is 0.505 e. The molecule has 0 unspecified atom stereocenters. The summed E-state index contributed by atoms with van der Waals surface area (Å²) in [5, 5.41) is 13.5. The molecular weight excluding hydrogens is 244 g/mol. The van der Waals surface area contributed by atoms with Crippen molar-refractivity contribution in [1.29, 1.82) is 0 Å². The number of aromatic nitrogens is 4. The number of nitrogens with zero attached hydrogens (tertiary/aromatic N) is 4. The van der Waals surface area contributed by atoms with E-state index in [4.69, 9.17) is 4.52 Å². The van der Waals surface area contributed by atoms with Crippen molar-refractivity contribution in [2.75, 3.05) is 0 Å². The van der Waals surface area contributed by atoms with E-state index in [2.05, 4.69) is 20.1 Å². The van der Waals surface area contributed by atoms with Crippen molar-refractivity contribution in [2.45, 2.75) is 6.42 Å². The second-order valence-electron chi connectivity index (χ2n) is 3.92. The van der Waals surface area contributed by atoms with Gasteiger partial charge < -0.3 is 9.63 Å². The first-order valence-corrected chi connectivity index (χ1v) is 5.69. The summed E-state index contributed by atoms with van der Waals surface area (Å²) in [6, 6.07) is 6.93. The molecule has 0 radical (unpaired) electrons. The highest BCUT2D eigenvalue weighted by molar-refractivity contribution is 5.55. The Morgan fingerprint density at radius 2 is 2.05 bits per heavy atom. The van der Waals surface area contributed by atoms with Gasteiger partial charge in [0.15, 0.2) is 11.5 Å². The van der Waals surface area contributed by atoms with Gasteiger partial charge in [-0.05, 0) is 23.8 Å². The average Bonchev–Trinajstić information content (AvgIpc) is 2.89. The normalized spacial score (nSPS) is 10.5. The third-order valence-corrected chi connectivity index (χ3v) is 2.54. The van der Waals surface area contributed by atoms with Crippen molar-refractivity contribution in [1.82, 2.24) is 20.1 Å². The van der Waals surface area contributed by atoms with E-state index < -0.39 is 0 Å². The second-order valence-corrected chi connectivity index (χ2v) is 3.92. The molecular formula is C13H10N4O2. The molecule has 6 nitrogen and oxygen atoms in total. The molecule has 0 spiro atoms. The molecule has 19 heavy (non-hydrogen) atoms. The molecule has 6 heteroatoms. The summed E-state index contributed by atoms with van der Waals surface area (Å²) in [6.45, 7) is 0. The average molecular weight is 254 g/mol. The summed E-state index contributed by atoms with van der Waals surface area (Å²) in [6.07, 6.45) is 5.52. The van der Waals surface area contributed by atoms with E-state index in [9.17, 15) is 5.11 Å². The Balaban J connectivity index is 1.86. The van der Waals surface area contributed by atoms with Crippen LogP contribution < -0.4 is 0 Å². The van der Waals surface area contributed by atoms with Gasteiger partial charge in [-0.2, -0.15) is 4.98 Å². The summed E-state index contributed by atoms with van der Waals surface area (Å²) in [5.74, 6) is 0.740. The first kappa shape index (κ1) is 11.3. The van der Waals surface area contributed by atoms with Crippen LogP contribution in [0.5, 0.6) is 5.75 Å². The van der Waals surface area contributed by atoms with Crippen LogP contribution in [0.4, 0.5) is 0 Å². The zero-order valence-electron chi connectivity index (χ0n) is 9.89. The van der Waals surface area contributed by atoms with E-state index in [1.54, 1.807) is 24.7 Å². The van der Waals surface area contributed by atoms with E-state index in [0.29, 0.717) is 12.2 Å². The Hall–Kier alpha value is -2.76. The number of hydrogen-bond acceptors (Lipinski definition) is 6. The zero-order valence-corrected chi connectivity index (χ0v) is 9.89. The first-order valence-electron chi connectivity index (χ1n) is 5.69. The number of aromatic hydroxyl groups is 1. The van der Waals surface area contributed by atoms with E-state index in [1.165, 1.54) is 6.07 Å². The minimum absolute atomic E-state index is 0.0130. The molecule has 0 saturated heterocycles. The number of pyridine rings is 2. The fraction of sp³-hybridized carbons (Fsp3) is 0.0769. The summed E-state index contributed by atoms with van der Waals surface area (Å²) in [5.41, 5.74) is 1.27. The third-order valence-electron chi connectivity index (χ3n) is 2.54. The maximum absolute atomic E-state index is 9.66. The van der Waals surface area contributed by atoms with Gasteiger partial charge in [0.05, 0.1) is 0 Å². The fourth-order valence-corrected chi connectivity index (χ4v) is 1.67. The van der Waals surface area contributed by atoms with Crippen molar-refractivity contribution in [3.05, 3.63) is 54.2 Å². The number of hydrogen-bond donors (Lipinski definition) is 1. The van der Waals surface area contributed by atoms with Gasteiger partial charge in [-0.1, -0.05) is 11.2 Å². The number of rotatable bonds is 3. The van der Waals surface area contributed by atoms with Crippen LogP contribution >= 0.6 is 0 Å². The molecule has 0 atom stereocenters. The maximum atomic E-state index is 9.66. The molecule has 0 saturated carbocycles. The Kier molecular flexibility index (Phi) is 2.89. The van der Waals surface area contributed by atoms with Crippen LogP contribution in [0.25, 0.3) is 11.6 Å². The maximum Gasteiger partial charge on any atom is 0.280 e. The van der Waals surface area contributed by atoms with Gasteiger partial charge >= 0.3 is 0 Å².